The third-order valence-corrected chi connectivity index (χ3v) is 3.04. The Labute approximate surface area is 107 Å². The minimum atomic E-state index is 0.671. The van der Waals surface area contributed by atoms with Crippen LogP contribution in [0, 0.1) is 0 Å². The number of rotatable bonds is 4. The fraction of sp³-hybridized carbons (Fsp3) is 0.267. The monoisotopic (exact) mass is 239 g/mol. The molecule has 3 heteroatoms. The highest BCUT2D eigenvalue weighted by molar-refractivity contribution is 5.92. The second-order valence-corrected chi connectivity index (χ2v) is 4.31. The second kappa shape index (κ2) is 5.99. The number of benzene rings is 1. The van der Waals surface area contributed by atoms with Crippen molar-refractivity contribution >= 4 is 5.71 Å². The molecule has 1 aromatic rings. The standard InChI is InChI=1S/C15H17N3/c1-2-12-3-5-13(6-4-12)11-17-14-7-9-15(18-16)10-8-14/h3-9,17H,2,10-11H2,1H3. The zero-order valence-corrected chi connectivity index (χ0v) is 10.6. The van der Waals surface area contributed by atoms with Gasteiger partial charge in [-0.05, 0) is 29.7 Å². The number of nitrogens with one attached hydrogen (secondary N) is 1. The van der Waals surface area contributed by atoms with E-state index >= 15 is 0 Å². The second-order valence-electron chi connectivity index (χ2n) is 4.31. The molecule has 0 fully saturated rings. The van der Waals surface area contributed by atoms with Crippen LogP contribution in [-0.4, -0.2) is 10.5 Å². The van der Waals surface area contributed by atoms with E-state index in [1.807, 2.05) is 18.2 Å². The number of aryl methyl sites for hydroxylation is 1. The summed E-state index contributed by atoms with van der Waals surface area (Å²) in [6, 6.07) is 8.64. The van der Waals surface area contributed by atoms with Gasteiger partial charge in [0.05, 0.1) is 6.42 Å². The molecule has 0 saturated heterocycles. The van der Waals surface area contributed by atoms with E-state index in [9.17, 15) is 0 Å². The van der Waals surface area contributed by atoms with Crippen molar-refractivity contribution in [2.75, 3.05) is 0 Å². The lowest BCUT2D eigenvalue weighted by molar-refractivity contribution is -0.00542. The highest BCUT2D eigenvalue weighted by Gasteiger charge is 2.07. The van der Waals surface area contributed by atoms with Crippen LogP contribution in [0.4, 0.5) is 0 Å². The van der Waals surface area contributed by atoms with Gasteiger partial charge in [-0.15, -0.1) is 0 Å². The van der Waals surface area contributed by atoms with Crippen LogP contribution >= 0.6 is 0 Å². The minimum absolute atomic E-state index is 0.671. The first-order chi connectivity index (χ1) is 8.81. The molecule has 0 unspecified atom stereocenters. The Kier molecular flexibility index (Phi) is 4.11. The Balaban J connectivity index is 1.90. The van der Waals surface area contributed by atoms with Crippen molar-refractivity contribution in [2.24, 2.45) is 0 Å². The summed E-state index contributed by atoms with van der Waals surface area (Å²) in [5.41, 5.74) is 13.0. The molecule has 2 rings (SSSR count). The molecule has 1 aliphatic carbocycles. The predicted molar refractivity (Wildman–Crippen MR) is 73.1 cm³/mol. The Morgan fingerprint density at radius 3 is 2.44 bits per heavy atom. The van der Waals surface area contributed by atoms with Gasteiger partial charge < -0.3 is 10.8 Å². The van der Waals surface area contributed by atoms with Crippen LogP contribution in [0.15, 0.2) is 48.2 Å². The van der Waals surface area contributed by atoms with Crippen LogP contribution in [0.2, 0.25) is 0 Å². The van der Waals surface area contributed by atoms with Crippen molar-refractivity contribution in [2.45, 2.75) is 26.3 Å². The molecule has 0 aliphatic heterocycles. The van der Waals surface area contributed by atoms with Crippen LogP contribution in [0.3, 0.4) is 0 Å². The third-order valence-electron chi connectivity index (χ3n) is 3.04. The van der Waals surface area contributed by atoms with Gasteiger partial charge in [0.15, 0.2) is 0 Å². The van der Waals surface area contributed by atoms with Gasteiger partial charge in [0, 0.05) is 18.3 Å². The van der Waals surface area contributed by atoms with Crippen LogP contribution < -0.4 is 5.32 Å². The number of hydrogen-bond donors (Lipinski definition) is 1. The van der Waals surface area contributed by atoms with Gasteiger partial charge >= 0.3 is 0 Å². The summed E-state index contributed by atoms with van der Waals surface area (Å²) in [4.78, 5) is 3.18. The zero-order chi connectivity index (χ0) is 12.8. The summed E-state index contributed by atoms with van der Waals surface area (Å²) in [6.45, 7) is 2.97. The van der Waals surface area contributed by atoms with Crippen molar-refractivity contribution in [3.63, 3.8) is 0 Å². The van der Waals surface area contributed by atoms with Gasteiger partial charge in [-0.1, -0.05) is 31.2 Å². The van der Waals surface area contributed by atoms with Gasteiger partial charge in [0.2, 0.25) is 0 Å². The minimum Gasteiger partial charge on any atom is -0.381 e. The van der Waals surface area contributed by atoms with E-state index in [1.54, 1.807) is 0 Å². The molecule has 0 radical (unpaired) electrons. The summed E-state index contributed by atoms with van der Waals surface area (Å²) in [5, 5.41) is 3.36. The normalized spacial score (nSPS) is 14.1. The fourth-order valence-electron chi connectivity index (χ4n) is 1.84. The molecule has 0 aromatic heterocycles. The molecule has 0 spiro atoms. The Morgan fingerprint density at radius 1 is 1.17 bits per heavy atom. The van der Waals surface area contributed by atoms with Crippen LogP contribution in [0.25, 0.3) is 5.53 Å². The quantitative estimate of drug-likeness (QED) is 0.637. The predicted octanol–water partition coefficient (Wildman–Crippen LogP) is 2.85. The van der Waals surface area contributed by atoms with Crippen LogP contribution in [-0.2, 0) is 13.0 Å². The van der Waals surface area contributed by atoms with E-state index in [-0.39, 0.29) is 0 Å². The van der Waals surface area contributed by atoms with Gasteiger partial charge in [-0.25, -0.2) is 0 Å². The summed E-state index contributed by atoms with van der Waals surface area (Å²) in [5.74, 6) is 0. The molecule has 0 amide bonds. The topological polar surface area (TPSA) is 48.4 Å². The van der Waals surface area contributed by atoms with Crippen molar-refractivity contribution < 1.29 is 4.79 Å². The molecule has 92 valence electrons. The first kappa shape index (κ1) is 12.3. The summed E-state index contributed by atoms with van der Waals surface area (Å²) >= 11 is 0. The smallest absolute Gasteiger partial charge is 0.295 e. The Bertz CT molecular complexity index is 517. The average molecular weight is 239 g/mol. The zero-order valence-electron chi connectivity index (χ0n) is 10.6. The number of hydrogen-bond acceptors (Lipinski definition) is 1. The van der Waals surface area contributed by atoms with Crippen molar-refractivity contribution in [3.05, 3.63) is 64.8 Å². The fourth-order valence-corrected chi connectivity index (χ4v) is 1.84. The van der Waals surface area contributed by atoms with Gasteiger partial charge in [0.1, 0.15) is 0 Å². The summed E-state index contributed by atoms with van der Waals surface area (Å²) < 4.78 is 0. The summed E-state index contributed by atoms with van der Waals surface area (Å²) in [7, 11) is 0. The third kappa shape index (κ3) is 3.19. The Morgan fingerprint density at radius 2 is 1.89 bits per heavy atom. The van der Waals surface area contributed by atoms with E-state index in [0.717, 1.165) is 18.7 Å². The van der Waals surface area contributed by atoms with Crippen molar-refractivity contribution in [1.82, 2.24) is 5.32 Å². The molecule has 0 saturated carbocycles. The van der Waals surface area contributed by atoms with E-state index in [1.165, 1.54) is 11.1 Å². The molecular weight excluding hydrogens is 222 g/mol. The first-order valence-corrected chi connectivity index (χ1v) is 6.22. The molecule has 1 aromatic carbocycles. The molecule has 0 bridgehead atoms. The molecule has 1 aliphatic rings. The molecule has 0 heterocycles. The van der Waals surface area contributed by atoms with Gasteiger partial charge in [0.25, 0.3) is 5.71 Å². The summed E-state index contributed by atoms with van der Waals surface area (Å²) in [6.07, 6.45) is 7.52. The maximum atomic E-state index is 8.62. The molecular formula is C15H17N3. The molecule has 0 atom stereocenters. The lowest BCUT2D eigenvalue weighted by Gasteiger charge is -2.09. The maximum Gasteiger partial charge on any atom is 0.295 e. The number of allylic oxidation sites excluding steroid dienone is 3. The molecule has 1 N–H and O–H groups in total. The highest BCUT2D eigenvalue weighted by atomic mass is 14.9. The lowest BCUT2D eigenvalue weighted by Crippen LogP contribution is -2.14. The van der Waals surface area contributed by atoms with E-state index < -0.39 is 0 Å². The van der Waals surface area contributed by atoms with Crippen molar-refractivity contribution in [1.29, 1.82) is 0 Å². The SMILES string of the molecule is CCc1ccc(CNC2=CCC(=[N+]=[N-])C=C2)cc1. The van der Waals surface area contributed by atoms with Crippen LogP contribution in [0.5, 0.6) is 0 Å². The van der Waals surface area contributed by atoms with E-state index in [4.69, 9.17) is 5.53 Å². The molecule has 3 nitrogen and oxygen atoms in total. The number of nitrogens with zero attached hydrogens (tertiary/aromatic N) is 2. The van der Waals surface area contributed by atoms with Gasteiger partial charge in [-0.2, -0.15) is 4.79 Å². The van der Waals surface area contributed by atoms with E-state index in [2.05, 4.69) is 41.3 Å². The average Bonchev–Trinajstić information content (AvgIpc) is 2.46. The van der Waals surface area contributed by atoms with Crippen LogP contribution in [0.1, 0.15) is 24.5 Å². The van der Waals surface area contributed by atoms with Crippen molar-refractivity contribution in [3.8, 4) is 0 Å². The van der Waals surface area contributed by atoms with E-state index in [0.29, 0.717) is 12.1 Å². The Hall–Kier alpha value is -2.12. The largest absolute Gasteiger partial charge is 0.381 e. The molecule has 18 heavy (non-hydrogen) atoms. The maximum absolute atomic E-state index is 8.62. The van der Waals surface area contributed by atoms with Gasteiger partial charge in [-0.3, -0.25) is 0 Å². The highest BCUT2D eigenvalue weighted by Crippen LogP contribution is 2.08. The first-order valence-electron chi connectivity index (χ1n) is 6.22. The lowest BCUT2D eigenvalue weighted by atomic mass is 10.1.